The number of likely N-dealkylation sites (tertiary alicyclic amines) is 1. The van der Waals surface area contributed by atoms with Gasteiger partial charge < -0.3 is 19.9 Å². The summed E-state index contributed by atoms with van der Waals surface area (Å²) >= 11 is 0. The number of carbonyl (C=O) groups excluding carboxylic acids is 3. The van der Waals surface area contributed by atoms with Crippen LogP contribution >= 0.6 is 0 Å². The van der Waals surface area contributed by atoms with Gasteiger partial charge in [-0.25, -0.2) is 9.78 Å². The van der Waals surface area contributed by atoms with E-state index >= 15 is 0 Å². The number of pyridine rings is 1. The molecule has 0 aliphatic carbocycles. The maximum atomic E-state index is 12.9. The number of rotatable bonds is 6. The predicted molar refractivity (Wildman–Crippen MR) is 117 cm³/mol. The van der Waals surface area contributed by atoms with Crippen molar-refractivity contribution in [1.29, 1.82) is 0 Å². The van der Waals surface area contributed by atoms with E-state index in [9.17, 15) is 24.3 Å². The molecule has 9 nitrogen and oxygen atoms in total. The van der Waals surface area contributed by atoms with Gasteiger partial charge in [-0.2, -0.15) is 0 Å². The highest BCUT2D eigenvalue weighted by Gasteiger charge is 2.37. The minimum absolute atomic E-state index is 0.0633. The fraction of sp³-hybridized carbons (Fsp3) is 0.261. The molecule has 0 radical (unpaired) electrons. The Hall–Kier alpha value is -4.01. The van der Waals surface area contributed by atoms with Crippen LogP contribution in [0.15, 0.2) is 42.6 Å². The van der Waals surface area contributed by atoms with E-state index in [1.54, 1.807) is 29.0 Å². The van der Waals surface area contributed by atoms with Crippen molar-refractivity contribution < 1.29 is 24.3 Å². The molecule has 1 unspecified atom stereocenters. The van der Waals surface area contributed by atoms with Crippen LogP contribution in [0, 0.1) is 6.92 Å². The van der Waals surface area contributed by atoms with E-state index in [0.717, 1.165) is 5.69 Å². The Bertz CT molecular complexity index is 1260. The average molecular weight is 434 g/mol. The second kappa shape index (κ2) is 8.26. The van der Waals surface area contributed by atoms with Crippen molar-refractivity contribution in [3.8, 4) is 0 Å². The van der Waals surface area contributed by atoms with Gasteiger partial charge in [-0.3, -0.25) is 14.4 Å². The van der Waals surface area contributed by atoms with Gasteiger partial charge in [-0.15, -0.1) is 0 Å². The van der Waals surface area contributed by atoms with Crippen LogP contribution in [0.5, 0.6) is 0 Å². The third-order valence-electron chi connectivity index (χ3n) is 5.60. The molecule has 4 rings (SSSR count). The fourth-order valence-corrected chi connectivity index (χ4v) is 3.86. The lowest BCUT2D eigenvalue weighted by molar-refractivity contribution is -0.145. The summed E-state index contributed by atoms with van der Waals surface area (Å²) in [4.78, 5) is 54.7. The molecule has 1 aliphatic rings. The number of aromatic carboxylic acids is 1. The van der Waals surface area contributed by atoms with Crippen molar-refractivity contribution in [2.75, 3.05) is 11.9 Å². The Labute approximate surface area is 183 Å². The minimum atomic E-state index is -1.09. The fourth-order valence-electron chi connectivity index (χ4n) is 3.86. The third kappa shape index (κ3) is 3.96. The van der Waals surface area contributed by atoms with Crippen LogP contribution < -0.4 is 5.32 Å². The first kappa shape index (κ1) is 21.2. The summed E-state index contributed by atoms with van der Waals surface area (Å²) in [5.74, 6) is -1.44. The summed E-state index contributed by atoms with van der Waals surface area (Å²) in [6.07, 6.45) is 2.11. The highest BCUT2D eigenvalue weighted by atomic mass is 16.4. The lowest BCUT2D eigenvalue weighted by Gasteiger charge is -2.39. The minimum Gasteiger partial charge on any atom is -0.478 e. The molecule has 1 fully saturated rings. The van der Waals surface area contributed by atoms with Crippen molar-refractivity contribution in [1.82, 2.24) is 14.5 Å². The monoisotopic (exact) mass is 434 g/mol. The van der Waals surface area contributed by atoms with E-state index in [1.165, 1.54) is 24.0 Å². The first-order valence-electron chi connectivity index (χ1n) is 10.2. The molecule has 0 bridgehead atoms. The molecule has 0 spiro atoms. The maximum Gasteiger partial charge on any atom is 0.335 e. The van der Waals surface area contributed by atoms with Crippen molar-refractivity contribution in [2.45, 2.75) is 32.9 Å². The van der Waals surface area contributed by atoms with Gasteiger partial charge in [0.05, 0.1) is 5.56 Å². The standard InChI is InChI=1S/C23H22N4O5/c1-13-4-3-5-20(24-13)25-22(30)19-8-9-27(19)21(29)12-26-11-17(14(2)28)16-10-15(23(31)32)6-7-18(16)26/h3-7,10-11,19H,8-9,12H2,1-2H3,(H,31,32)(H,24,25,30). The van der Waals surface area contributed by atoms with Gasteiger partial charge in [0.1, 0.15) is 18.4 Å². The van der Waals surface area contributed by atoms with Gasteiger partial charge in [-0.05, 0) is 50.6 Å². The first-order valence-corrected chi connectivity index (χ1v) is 10.2. The van der Waals surface area contributed by atoms with E-state index in [-0.39, 0.29) is 29.7 Å². The summed E-state index contributed by atoms with van der Waals surface area (Å²) in [6.45, 7) is 3.61. The Kier molecular flexibility index (Phi) is 5.48. The number of hydrogen-bond acceptors (Lipinski definition) is 5. The number of aryl methyl sites for hydroxylation is 1. The first-order chi connectivity index (χ1) is 15.2. The van der Waals surface area contributed by atoms with Gasteiger partial charge in [0.2, 0.25) is 11.8 Å². The molecule has 3 aromatic rings. The highest BCUT2D eigenvalue weighted by molar-refractivity contribution is 6.09. The number of amides is 2. The zero-order valence-corrected chi connectivity index (χ0v) is 17.7. The predicted octanol–water partition coefficient (Wildman–Crippen LogP) is 2.49. The second-order valence-corrected chi connectivity index (χ2v) is 7.81. The largest absolute Gasteiger partial charge is 0.478 e. The van der Waals surface area contributed by atoms with E-state index in [2.05, 4.69) is 10.3 Å². The van der Waals surface area contributed by atoms with Gasteiger partial charge >= 0.3 is 5.97 Å². The van der Waals surface area contributed by atoms with Crippen LogP contribution in [-0.2, 0) is 16.1 Å². The number of carboxylic acids is 1. The summed E-state index contributed by atoms with van der Waals surface area (Å²) in [5.41, 5.74) is 1.77. The van der Waals surface area contributed by atoms with Crippen molar-refractivity contribution in [2.24, 2.45) is 0 Å². The van der Waals surface area contributed by atoms with E-state index in [0.29, 0.717) is 35.2 Å². The molecular weight excluding hydrogens is 412 g/mol. The zero-order valence-electron chi connectivity index (χ0n) is 17.7. The molecule has 3 heterocycles. The van der Waals surface area contributed by atoms with Crippen molar-refractivity contribution in [3.63, 3.8) is 0 Å². The molecule has 9 heteroatoms. The number of benzene rings is 1. The Morgan fingerprint density at radius 2 is 1.97 bits per heavy atom. The molecule has 2 amide bonds. The number of carbonyl (C=O) groups is 4. The number of ketones is 1. The van der Waals surface area contributed by atoms with Crippen molar-refractivity contribution in [3.05, 3.63) is 59.4 Å². The number of anilines is 1. The van der Waals surface area contributed by atoms with Gasteiger partial charge in [0, 0.05) is 34.9 Å². The Balaban J connectivity index is 1.53. The molecule has 1 aromatic carbocycles. The molecule has 0 saturated carbocycles. The quantitative estimate of drug-likeness (QED) is 0.575. The number of carboxylic acid groups (broad SMARTS) is 1. The second-order valence-electron chi connectivity index (χ2n) is 7.81. The number of Topliss-reactive ketones (excluding diaryl/α,β-unsaturated/α-hetero) is 1. The molecule has 164 valence electrons. The van der Waals surface area contributed by atoms with E-state index < -0.39 is 12.0 Å². The summed E-state index contributed by atoms with van der Waals surface area (Å²) in [7, 11) is 0. The maximum absolute atomic E-state index is 12.9. The molecule has 1 saturated heterocycles. The Morgan fingerprint density at radius 3 is 2.59 bits per heavy atom. The SMILES string of the molecule is CC(=O)c1cn(CC(=O)N2CCC2C(=O)Nc2cccc(C)n2)c2ccc(C(=O)O)cc12. The van der Waals surface area contributed by atoms with Gasteiger partial charge in [0.15, 0.2) is 5.78 Å². The van der Waals surface area contributed by atoms with Crippen LogP contribution in [0.4, 0.5) is 5.82 Å². The molecule has 1 aliphatic heterocycles. The molecule has 1 atom stereocenters. The van der Waals surface area contributed by atoms with Crippen molar-refractivity contribution >= 4 is 40.3 Å². The molecule has 32 heavy (non-hydrogen) atoms. The lowest BCUT2D eigenvalue weighted by atomic mass is 10.0. The molecular formula is C23H22N4O5. The topological polar surface area (TPSA) is 122 Å². The van der Waals surface area contributed by atoms with Crippen LogP contribution in [0.25, 0.3) is 10.9 Å². The number of fused-ring (bicyclic) bond motifs is 1. The van der Waals surface area contributed by atoms with Crippen LogP contribution in [0.2, 0.25) is 0 Å². The average Bonchev–Trinajstić information content (AvgIpc) is 3.05. The number of nitrogens with zero attached hydrogens (tertiary/aromatic N) is 3. The van der Waals surface area contributed by atoms with Crippen LogP contribution in [0.3, 0.4) is 0 Å². The van der Waals surface area contributed by atoms with Gasteiger partial charge in [0.25, 0.3) is 0 Å². The zero-order chi connectivity index (χ0) is 23.0. The third-order valence-corrected chi connectivity index (χ3v) is 5.60. The number of aromatic nitrogens is 2. The highest BCUT2D eigenvalue weighted by Crippen LogP contribution is 2.25. The number of hydrogen-bond donors (Lipinski definition) is 2. The summed E-state index contributed by atoms with van der Waals surface area (Å²) < 4.78 is 1.62. The normalized spacial score (nSPS) is 15.3. The van der Waals surface area contributed by atoms with Crippen LogP contribution in [0.1, 0.15) is 39.8 Å². The van der Waals surface area contributed by atoms with Crippen LogP contribution in [-0.4, -0.2) is 55.7 Å². The molecule has 2 aromatic heterocycles. The molecule has 2 N–H and O–H groups in total. The smallest absolute Gasteiger partial charge is 0.335 e. The Morgan fingerprint density at radius 1 is 1.19 bits per heavy atom. The number of nitrogens with one attached hydrogen (secondary N) is 1. The van der Waals surface area contributed by atoms with E-state index in [1.807, 2.05) is 13.0 Å². The van der Waals surface area contributed by atoms with E-state index in [4.69, 9.17) is 0 Å². The van der Waals surface area contributed by atoms with Gasteiger partial charge in [-0.1, -0.05) is 6.07 Å². The lowest BCUT2D eigenvalue weighted by Crippen LogP contribution is -2.57. The summed E-state index contributed by atoms with van der Waals surface area (Å²) in [5, 5.41) is 12.5. The summed E-state index contributed by atoms with van der Waals surface area (Å²) in [6, 6.07) is 9.18.